The van der Waals surface area contributed by atoms with Crippen LogP contribution < -0.4 is 5.32 Å². The molecule has 0 bridgehead atoms. The molecule has 6 heteroatoms. The van der Waals surface area contributed by atoms with Crippen LogP contribution in [0.2, 0.25) is 0 Å². The van der Waals surface area contributed by atoms with Gasteiger partial charge in [0.05, 0.1) is 13.2 Å². The van der Waals surface area contributed by atoms with Gasteiger partial charge in [-0.1, -0.05) is 42.0 Å². The Hall–Kier alpha value is -2.70. The molecular formula is C25H32N2O4. The van der Waals surface area contributed by atoms with Crippen molar-refractivity contribution in [3.05, 3.63) is 70.3 Å². The minimum atomic E-state index is -0.691. The molecule has 2 atom stereocenters. The quantitative estimate of drug-likeness (QED) is 0.485. The molecule has 1 heterocycles. The number of hydrogen-bond donors (Lipinski definition) is 1. The van der Waals surface area contributed by atoms with Gasteiger partial charge in [0.1, 0.15) is 12.2 Å². The monoisotopic (exact) mass is 424 g/mol. The molecule has 6 nitrogen and oxygen atoms in total. The fourth-order valence-corrected chi connectivity index (χ4v) is 4.04. The number of methoxy groups -OCH3 is 1. The molecule has 0 aromatic heterocycles. The van der Waals surface area contributed by atoms with E-state index in [1.807, 2.05) is 70.2 Å². The molecule has 0 spiro atoms. The van der Waals surface area contributed by atoms with Gasteiger partial charge in [-0.05, 0) is 51.3 Å². The van der Waals surface area contributed by atoms with Gasteiger partial charge >= 0.3 is 5.97 Å². The van der Waals surface area contributed by atoms with E-state index < -0.39 is 12.2 Å². The van der Waals surface area contributed by atoms with E-state index in [2.05, 4.69) is 5.32 Å². The summed E-state index contributed by atoms with van der Waals surface area (Å²) in [6, 6.07) is 12.8. The SMILES string of the molecule is COC(=O)[C@H](N[C@@H]1c2ccccc2C(=O)N1CCCOC(C)C)c1ccc(C)cc1C. The lowest BCUT2D eigenvalue weighted by atomic mass is 9.98. The summed E-state index contributed by atoms with van der Waals surface area (Å²) >= 11 is 0. The third-order valence-corrected chi connectivity index (χ3v) is 5.55. The zero-order valence-corrected chi connectivity index (χ0v) is 19.0. The minimum absolute atomic E-state index is 0.0399. The summed E-state index contributed by atoms with van der Waals surface area (Å²) in [4.78, 5) is 27.7. The number of aryl methyl sites for hydroxylation is 2. The summed E-state index contributed by atoms with van der Waals surface area (Å²) in [5.41, 5.74) is 4.50. The van der Waals surface area contributed by atoms with Gasteiger partial charge in [-0.2, -0.15) is 0 Å². The van der Waals surface area contributed by atoms with E-state index in [0.717, 1.165) is 22.3 Å². The number of esters is 1. The van der Waals surface area contributed by atoms with Crippen LogP contribution in [-0.2, 0) is 14.3 Å². The molecule has 31 heavy (non-hydrogen) atoms. The van der Waals surface area contributed by atoms with E-state index in [0.29, 0.717) is 25.1 Å². The zero-order chi connectivity index (χ0) is 22.5. The van der Waals surface area contributed by atoms with Crippen LogP contribution in [0.15, 0.2) is 42.5 Å². The Balaban J connectivity index is 1.90. The fourth-order valence-electron chi connectivity index (χ4n) is 4.04. The predicted octanol–water partition coefficient (Wildman–Crippen LogP) is 4.08. The summed E-state index contributed by atoms with van der Waals surface area (Å²) in [5, 5.41) is 3.42. The highest BCUT2D eigenvalue weighted by Crippen LogP contribution is 2.34. The number of fused-ring (bicyclic) bond motifs is 1. The van der Waals surface area contributed by atoms with Gasteiger partial charge in [0.15, 0.2) is 0 Å². The lowest BCUT2D eigenvalue weighted by Gasteiger charge is -2.30. The zero-order valence-electron chi connectivity index (χ0n) is 19.0. The maximum absolute atomic E-state index is 13.1. The van der Waals surface area contributed by atoms with Gasteiger partial charge in [0, 0.05) is 24.3 Å². The first-order valence-corrected chi connectivity index (χ1v) is 10.8. The highest BCUT2D eigenvalue weighted by Gasteiger charge is 2.39. The average Bonchev–Trinajstić information content (AvgIpc) is 3.00. The number of nitrogens with one attached hydrogen (secondary N) is 1. The molecule has 0 saturated carbocycles. The first-order chi connectivity index (χ1) is 14.8. The Labute approximate surface area is 184 Å². The van der Waals surface area contributed by atoms with Crippen LogP contribution >= 0.6 is 0 Å². The van der Waals surface area contributed by atoms with Gasteiger partial charge in [0.2, 0.25) is 0 Å². The number of amides is 1. The summed E-state index contributed by atoms with van der Waals surface area (Å²) in [7, 11) is 1.38. The van der Waals surface area contributed by atoms with E-state index in [9.17, 15) is 9.59 Å². The predicted molar refractivity (Wildman–Crippen MR) is 120 cm³/mol. The van der Waals surface area contributed by atoms with Gasteiger partial charge in [-0.25, -0.2) is 4.79 Å². The van der Waals surface area contributed by atoms with Crippen molar-refractivity contribution in [2.45, 2.75) is 52.4 Å². The van der Waals surface area contributed by atoms with Crippen molar-refractivity contribution < 1.29 is 19.1 Å². The Morgan fingerprint density at radius 3 is 2.58 bits per heavy atom. The molecule has 1 aliphatic heterocycles. The summed E-state index contributed by atoms with van der Waals surface area (Å²) < 4.78 is 10.8. The molecule has 1 N–H and O–H groups in total. The Morgan fingerprint density at radius 2 is 1.90 bits per heavy atom. The first kappa shape index (κ1) is 23.0. The highest BCUT2D eigenvalue weighted by atomic mass is 16.5. The lowest BCUT2D eigenvalue weighted by molar-refractivity contribution is -0.144. The van der Waals surface area contributed by atoms with E-state index in [4.69, 9.17) is 9.47 Å². The molecule has 0 aliphatic carbocycles. The second kappa shape index (κ2) is 10.1. The van der Waals surface area contributed by atoms with Crippen LogP contribution in [0, 0.1) is 13.8 Å². The summed E-state index contributed by atoms with van der Waals surface area (Å²) in [6.45, 7) is 9.08. The smallest absolute Gasteiger partial charge is 0.327 e. The van der Waals surface area contributed by atoms with Gasteiger partial charge in [0.25, 0.3) is 5.91 Å². The molecule has 0 radical (unpaired) electrons. The summed E-state index contributed by atoms with van der Waals surface area (Å²) in [5.74, 6) is -0.422. The van der Waals surface area contributed by atoms with Crippen molar-refractivity contribution in [2.75, 3.05) is 20.3 Å². The van der Waals surface area contributed by atoms with Gasteiger partial charge in [-0.3, -0.25) is 10.1 Å². The van der Waals surface area contributed by atoms with Gasteiger partial charge < -0.3 is 14.4 Å². The molecule has 1 amide bonds. The van der Waals surface area contributed by atoms with Crippen molar-refractivity contribution in [1.82, 2.24) is 10.2 Å². The van der Waals surface area contributed by atoms with Crippen LogP contribution in [0.1, 0.15) is 65.1 Å². The topological polar surface area (TPSA) is 67.9 Å². The van der Waals surface area contributed by atoms with Crippen molar-refractivity contribution in [3.63, 3.8) is 0 Å². The number of benzene rings is 2. The number of carbonyl (C=O) groups excluding carboxylic acids is 2. The molecule has 2 aromatic rings. The first-order valence-electron chi connectivity index (χ1n) is 10.8. The Morgan fingerprint density at radius 1 is 1.16 bits per heavy atom. The maximum Gasteiger partial charge on any atom is 0.327 e. The minimum Gasteiger partial charge on any atom is -0.468 e. The normalized spacial score (nSPS) is 16.5. The van der Waals surface area contributed by atoms with E-state index in [-0.39, 0.29) is 18.0 Å². The van der Waals surface area contributed by atoms with Crippen LogP contribution in [0.4, 0.5) is 0 Å². The van der Waals surface area contributed by atoms with Crippen LogP contribution in [0.3, 0.4) is 0 Å². The number of carbonyl (C=O) groups is 2. The van der Waals surface area contributed by atoms with Crippen LogP contribution in [0.25, 0.3) is 0 Å². The number of nitrogens with zero attached hydrogens (tertiary/aromatic N) is 1. The molecule has 0 saturated heterocycles. The molecule has 1 aliphatic rings. The number of hydrogen-bond acceptors (Lipinski definition) is 5. The molecule has 3 rings (SSSR count). The largest absolute Gasteiger partial charge is 0.468 e. The van der Waals surface area contributed by atoms with Crippen molar-refractivity contribution >= 4 is 11.9 Å². The van der Waals surface area contributed by atoms with Crippen molar-refractivity contribution in [3.8, 4) is 0 Å². The average molecular weight is 425 g/mol. The fraction of sp³-hybridized carbons (Fsp3) is 0.440. The third kappa shape index (κ3) is 5.14. The van der Waals surface area contributed by atoms with E-state index in [1.54, 1.807) is 4.90 Å². The van der Waals surface area contributed by atoms with Crippen LogP contribution in [-0.4, -0.2) is 43.1 Å². The standard InChI is InChI=1S/C25H32N2O4/c1-16(2)31-14-8-13-27-23(20-9-6-7-10-21(20)24(27)28)26-22(25(29)30-5)19-12-11-17(3)15-18(19)4/h6-7,9-12,15-16,22-23,26H,8,13-14H2,1-5H3/t22-,23+/m1/s1. The molecular weight excluding hydrogens is 392 g/mol. The molecule has 166 valence electrons. The molecule has 0 unspecified atom stereocenters. The van der Waals surface area contributed by atoms with Gasteiger partial charge in [-0.15, -0.1) is 0 Å². The van der Waals surface area contributed by atoms with Crippen molar-refractivity contribution in [1.29, 1.82) is 0 Å². The van der Waals surface area contributed by atoms with Crippen LogP contribution in [0.5, 0.6) is 0 Å². The number of ether oxygens (including phenoxy) is 2. The second-order valence-electron chi connectivity index (χ2n) is 8.24. The molecule has 0 fully saturated rings. The lowest BCUT2D eigenvalue weighted by Crippen LogP contribution is -2.42. The Bertz CT molecular complexity index is 941. The number of rotatable bonds is 9. The summed E-state index contributed by atoms with van der Waals surface area (Å²) in [6.07, 6.45) is 0.434. The second-order valence-corrected chi connectivity index (χ2v) is 8.24. The highest BCUT2D eigenvalue weighted by molar-refractivity contribution is 5.99. The maximum atomic E-state index is 13.1. The van der Waals surface area contributed by atoms with Crippen molar-refractivity contribution in [2.24, 2.45) is 0 Å². The van der Waals surface area contributed by atoms with E-state index >= 15 is 0 Å². The Kier molecular flexibility index (Phi) is 7.46. The van der Waals surface area contributed by atoms with E-state index in [1.165, 1.54) is 7.11 Å². The third-order valence-electron chi connectivity index (χ3n) is 5.55. The molecule has 2 aromatic carbocycles.